The Hall–Kier alpha value is -1.51. The van der Waals surface area contributed by atoms with Crippen LogP contribution in [0.2, 0.25) is 0 Å². The summed E-state index contributed by atoms with van der Waals surface area (Å²) in [5.74, 6) is 1.28. The summed E-state index contributed by atoms with van der Waals surface area (Å²) in [6.45, 7) is 4.85. The van der Waals surface area contributed by atoms with Crippen LogP contribution in [-0.2, 0) is 11.2 Å². The molecule has 104 valence electrons. The van der Waals surface area contributed by atoms with Gasteiger partial charge in [0.1, 0.15) is 5.75 Å². The zero-order valence-corrected chi connectivity index (χ0v) is 12.1. The molecule has 1 saturated heterocycles. The molecule has 2 rings (SSSR count). The number of likely N-dealkylation sites (tertiary alicyclic amines) is 1. The number of ether oxygens (including phenoxy) is 1. The SMILES string of the molecule is COc1ccccc1CC1CCCN1C(=O)C(C)C. The van der Waals surface area contributed by atoms with Crippen molar-refractivity contribution >= 4 is 5.91 Å². The smallest absolute Gasteiger partial charge is 0.225 e. The lowest BCUT2D eigenvalue weighted by molar-refractivity contribution is -0.135. The lowest BCUT2D eigenvalue weighted by Gasteiger charge is -2.27. The highest BCUT2D eigenvalue weighted by molar-refractivity contribution is 5.78. The molecule has 0 radical (unpaired) electrons. The van der Waals surface area contributed by atoms with Gasteiger partial charge in [0.25, 0.3) is 0 Å². The third kappa shape index (κ3) is 3.09. The number of benzene rings is 1. The average molecular weight is 261 g/mol. The molecule has 1 atom stereocenters. The van der Waals surface area contributed by atoms with Crippen LogP contribution in [0.15, 0.2) is 24.3 Å². The highest BCUT2D eigenvalue weighted by Gasteiger charge is 2.30. The van der Waals surface area contributed by atoms with Gasteiger partial charge < -0.3 is 9.64 Å². The summed E-state index contributed by atoms with van der Waals surface area (Å²) in [7, 11) is 1.70. The van der Waals surface area contributed by atoms with E-state index >= 15 is 0 Å². The van der Waals surface area contributed by atoms with Crippen LogP contribution in [0.25, 0.3) is 0 Å². The van der Waals surface area contributed by atoms with Crippen LogP contribution >= 0.6 is 0 Å². The Bertz CT molecular complexity index is 442. The number of hydrogen-bond donors (Lipinski definition) is 0. The Morgan fingerprint density at radius 1 is 1.42 bits per heavy atom. The molecule has 1 aromatic carbocycles. The van der Waals surface area contributed by atoms with Crippen molar-refractivity contribution in [2.45, 2.75) is 39.2 Å². The molecule has 0 spiro atoms. The van der Waals surface area contributed by atoms with Crippen molar-refractivity contribution < 1.29 is 9.53 Å². The maximum Gasteiger partial charge on any atom is 0.225 e. The average Bonchev–Trinajstić information content (AvgIpc) is 2.86. The summed E-state index contributed by atoms with van der Waals surface area (Å²) in [6, 6.07) is 8.41. The van der Waals surface area contributed by atoms with Gasteiger partial charge in [-0.1, -0.05) is 32.0 Å². The summed E-state index contributed by atoms with van der Waals surface area (Å²) < 4.78 is 5.40. The lowest BCUT2D eigenvalue weighted by Crippen LogP contribution is -2.39. The molecule has 0 saturated carbocycles. The topological polar surface area (TPSA) is 29.5 Å². The van der Waals surface area contributed by atoms with Crippen molar-refractivity contribution in [3.8, 4) is 5.75 Å². The second-order valence-electron chi connectivity index (χ2n) is 5.50. The van der Waals surface area contributed by atoms with Gasteiger partial charge in [-0.25, -0.2) is 0 Å². The van der Waals surface area contributed by atoms with Gasteiger partial charge in [0.05, 0.1) is 7.11 Å². The molecule has 1 unspecified atom stereocenters. The Balaban J connectivity index is 2.11. The fourth-order valence-electron chi connectivity index (χ4n) is 2.80. The molecule has 19 heavy (non-hydrogen) atoms. The molecule has 1 aliphatic rings. The van der Waals surface area contributed by atoms with E-state index in [-0.39, 0.29) is 11.8 Å². The van der Waals surface area contributed by atoms with Crippen molar-refractivity contribution in [3.05, 3.63) is 29.8 Å². The number of carbonyl (C=O) groups is 1. The molecule has 1 heterocycles. The van der Waals surface area contributed by atoms with Crippen molar-refractivity contribution in [2.24, 2.45) is 5.92 Å². The molecule has 1 aromatic rings. The monoisotopic (exact) mass is 261 g/mol. The van der Waals surface area contributed by atoms with E-state index in [4.69, 9.17) is 4.74 Å². The second-order valence-corrected chi connectivity index (χ2v) is 5.50. The third-order valence-corrected chi connectivity index (χ3v) is 3.80. The van der Waals surface area contributed by atoms with Gasteiger partial charge in [-0.15, -0.1) is 0 Å². The van der Waals surface area contributed by atoms with E-state index < -0.39 is 0 Å². The standard InChI is InChI=1S/C16H23NO2/c1-12(2)16(18)17-10-6-8-14(17)11-13-7-4-5-9-15(13)19-3/h4-5,7,9,12,14H,6,8,10-11H2,1-3H3. The maximum absolute atomic E-state index is 12.2. The van der Waals surface area contributed by atoms with E-state index in [1.54, 1.807) is 7.11 Å². The van der Waals surface area contributed by atoms with Gasteiger partial charge in [-0.05, 0) is 30.9 Å². The van der Waals surface area contributed by atoms with Crippen LogP contribution in [-0.4, -0.2) is 30.5 Å². The van der Waals surface area contributed by atoms with E-state index in [1.807, 2.05) is 32.0 Å². The Kier molecular flexibility index (Phi) is 4.46. The molecule has 1 amide bonds. The fraction of sp³-hybridized carbons (Fsp3) is 0.562. The highest BCUT2D eigenvalue weighted by atomic mass is 16.5. The van der Waals surface area contributed by atoms with Crippen LogP contribution in [0.1, 0.15) is 32.3 Å². The first-order chi connectivity index (χ1) is 9.13. The summed E-state index contributed by atoms with van der Waals surface area (Å²) in [4.78, 5) is 14.2. The van der Waals surface area contributed by atoms with E-state index in [0.29, 0.717) is 6.04 Å². The molecule has 0 bridgehead atoms. The molecule has 3 heteroatoms. The normalized spacial score (nSPS) is 18.9. The zero-order chi connectivity index (χ0) is 13.8. The molecule has 3 nitrogen and oxygen atoms in total. The summed E-state index contributed by atoms with van der Waals surface area (Å²) in [6.07, 6.45) is 3.09. The van der Waals surface area contributed by atoms with Gasteiger partial charge in [-0.2, -0.15) is 0 Å². The summed E-state index contributed by atoms with van der Waals surface area (Å²) in [5.41, 5.74) is 1.19. The van der Waals surface area contributed by atoms with Crippen LogP contribution < -0.4 is 4.74 Å². The summed E-state index contributed by atoms with van der Waals surface area (Å²) >= 11 is 0. The number of para-hydroxylation sites is 1. The Morgan fingerprint density at radius 2 is 2.16 bits per heavy atom. The predicted molar refractivity (Wildman–Crippen MR) is 76.3 cm³/mol. The molecule has 0 aromatic heterocycles. The molecular formula is C16H23NO2. The van der Waals surface area contributed by atoms with Crippen molar-refractivity contribution in [1.82, 2.24) is 4.90 Å². The largest absolute Gasteiger partial charge is 0.496 e. The highest BCUT2D eigenvalue weighted by Crippen LogP contribution is 2.26. The minimum atomic E-state index is 0.0817. The van der Waals surface area contributed by atoms with Crippen molar-refractivity contribution in [2.75, 3.05) is 13.7 Å². The van der Waals surface area contributed by atoms with Crippen LogP contribution in [0.3, 0.4) is 0 Å². The fourth-order valence-corrected chi connectivity index (χ4v) is 2.80. The first kappa shape index (κ1) is 13.9. The van der Waals surface area contributed by atoms with Crippen LogP contribution in [0.5, 0.6) is 5.75 Å². The zero-order valence-electron chi connectivity index (χ0n) is 12.1. The van der Waals surface area contributed by atoms with Crippen molar-refractivity contribution in [1.29, 1.82) is 0 Å². The van der Waals surface area contributed by atoms with E-state index in [2.05, 4.69) is 11.0 Å². The van der Waals surface area contributed by atoms with Gasteiger partial charge >= 0.3 is 0 Å². The number of carbonyl (C=O) groups excluding carboxylic acids is 1. The quantitative estimate of drug-likeness (QED) is 0.834. The van der Waals surface area contributed by atoms with Gasteiger partial charge in [0, 0.05) is 18.5 Å². The second kappa shape index (κ2) is 6.09. The molecule has 1 fully saturated rings. The molecule has 0 N–H and O–H groups in total. The first-order valence-electron chi connectivity index (χ1n) is 7.06. The van der Waals surface area contributed by atoms with Crippen LogP contribution in [0, 0.1) is 5.92 Å². The molecule has 1 aliphatic heterocycles. The summed E-state index contributed by atoms with van der Waals surface area (Å²) in [5, 5.41) is 0. The third-order valence-electron chi connectivity index (χ3n) is 3.80. The van der Waals surface area contributed by atoms with E-state index in [1.165, 1.54) is 5.56 Å². The van der Waals surface area contributed by atoms with Crippen molar-refractivity contribution in [3.63, 3.8) is 0 Å². The number of methoxy groups -OCH3 is 1. The van der Waals surface area contributed by atoms with E-state index in [9.17, 15) is 4.79 Å². The maximum atomic E-state index is 12.2. The van der Waals surface area contributed by atoms with E-state index in [0.717, 1.165) is 31.6 Å². The number of amides is 1. The lowest BCUT2D eigenvalue weighted by atomic mass is 10.0. The minimum Gasteiger partial charge on any atom is -0.496 e. The number of hydrogen-bond acceptors (Lipinski definition) is 2. The molecular weight excluding hydrogens is 238 g/mol. The minimum absolute atomic E-state index is 0.0817. The van der Waals surface area contributed by atoms with Gasteiger partial charge in [0.2, 0.25) is 5.91 Å². The Morgan fingerprint density at radius 3 is 2.84 bits per heavy atom. The van der Waals surface area contributed by atoms with Gasteiger partial charge in [0.15, 0.2) is 0 Å². The van der Waals surface area contributed by atoms with Crippen LogP contribution in [0.4, 0.5) is 0 Å². The van der Waals surface area contributed by atoms with Gasteiger partial charge in [-0.3, -0.25) is 4.79 Å². The number of nitrogens with zero attached hydrogens (tertiary/aromatic N) is 1. The number of rotatable bonds is 4. The Labute approximate surface area is 115 Å². The first-order valence-corrected chi connectivity index (χ1v) is 7.06. The predicted octanol–water partition coefficient (Wildman–Crippen LogP) is 2.88. The molecule has 0 aliphatic carbocycles.